The van der Waals surface area contributed by atoms with Crippen molar-refractivity contribution in [2.45, 2.75) is 0 Å². The van der Waals surface area contributed by atoms with Crippen LogP contribution in [-0.4, -0.2) is 22.8 Å². The Balaban J connectivity index is 2.00. The van der Waals surface area contributed by atoms with Crippen molar-refractivity contribution in [3.05, 3.63) is 98.4 Å². The monoisotopic (exact) mass is 484 g/mol. The van der Waals surface area contributed by atoms with Gasteiger partial charge < -0.3 is 5.11 Å². The first-order valence-corrected chi connectivity index (χ1v) is 9.59. The fourth-order valence-corrected chi connectivity index (χ4v) is 3.65. The second-order valence-electron chi connectivity index (χ2n) is 5.58. The number of benzene rings is 3. The van der Waals surface area contributed by atoms with Gasteiger partial charge in [0.15, 0.2) is 0 Å². The van der Waals surface area contributed by atoms with E-state index in [-0.39, 0.29) is 17.2 Å². The number of ketones is 1. The molecule has 0 fully saturated rings. The highest BCUT2D eigenvalue weighted by atomic mass is 79.9. The number of halogens is 2. The SMILES string of the molecule is O=C(/C(=N\N=C\c1cc(Br)cc(Br)c1O)c1ccccc1)c1ccccc1. The number of phenols is 1. The summed E-state index contributed by atoms with van der Waals surface area (Å²) < 4.78 is 1.31. The van der Waals surface area contributed by atoms with Crippen LogP contribution in [0.1, 0.15) is 21.5 Å². The molecule has 134 valence electrons. The van der Waals surface area contributed by atoms with Crippen molar-refractivity contribution in [1.82, 2.24) is 0 Å². The van der Waals surface area contributed by atoms with E-state index in [4.69, 9.17) is 0 Å². The van der Waals surface area contributed by atoms with E-state index in [1.807, 2.05) is 36.4 Å². The van der Waals surface area contributed by atoms with Crippen molar-refractivity contribution < 1.29 is 9.90 Å². The van der Waals surface area contributed by atoms with E-state index >= 15 is 0 Å². The zero-order chi connectivity index (χ0) is 19.2. The number of rotatable bonds is 5. The zero-order valence-corrected chi connectivity index (χ0v) is 17.2. The number of aromatic hydroxyl groups is 1. The minimum atomic E-state index is -0.224. The Hall–Kier alpha value is -2.57. The number of carbonyl (C=O) groups excluding carboxylic acids is 1. The first-order valence-electron chi connectivity index (χ1n) is 8.00. The summed E-state index contributed by atoms with van der Waals surface area (Å²) in [5.41, 5.74) is 1.90. The Labute approximate surface area is 173 Å². The van der Waals surface area contributed by atoms with E-state index in [9.17, 15) is 9.90 Å². The number of phenolic OH excluding ortho intramolecular Hbond substituents is 1. The molecule has 27 heavy (non-hydrogen) atoms. The van der Waals surface area contributed by atoms with Crippen molar-refractivity contribution in [2.75, 3.05) is 0 Å². The van der Waals surface area contributed by atoms with Gasteiger partial charge in [0.2, 0.25) is 5.78 Å². The van der Waals surface area contributed by atoms with Crippen molar-refractivity contribution in [2.24, 2.45) is 10.2 Å². The Kier molecular flexibility index (Phi) is 6.32. The first-order chi connectivity index (χ1) is 13.1. The molecule has 0 radical (unpaired) electrons. The van der Waals surface area contributed by atoms with Crippen LogP contribution in [0.4, 0.5) is 0 Å². The molecule has 0 aromatic heterocycles. The number of hydrogen-bond acceptors (Lipinski definition) is 4. The van der Waals surface area contributed by atoms with Crippen LogP contribution in [0.2, 0.25) is 0 Å². The van der Waals surface area contributed by atoms with Gasteiger partial charge >= 0.3 is 0 Å². The molecule has 3 rings (SSSR count). The van der Waals surface area contributed by atoms with Crippen LogP contribution in [0.15, 0.2) is 91.9 Å². The molecule has 0 unspecified atom stereocenters. The summed E-state index contributed by atoms with van der Waals surface area (Å²) in [7, 11) is 0. The van der Waals surface area contributed by atoms with E-state index in [1.54, 1.807) is 36.4 Å². The number of Topliss-reactive ketones (excluding diaryl/α,β-unsaturated/α-hetero) is 1. The molecule has 4 nitrogen and oxygen atoms in total. The summed E-state index contributed by atoms with van der Waals surface area (Å²) in [5.74, 6) is -0.175. The molecule has 0 heterocycles. The third kappa shape index (κ3) is 4.78. The normalized spacial score (nSPS) is 11.7. The van der Waals surface area contributed by atoms with Crippen LogP contribution in [0, 0.1) is 0 Å². The summed E-state index contributed by atoms with van der Waals surface area (Å²) in [6.45, 7) is 0. The molecule has 6 heteroatoms. The second kappa shape index (κ2) is 8.88. The van der Waals surface area contributed by atoms with E-state index < -0.39 is 0 Å². The predicted octanol–water partition coefficient (Wildman–Crippen LogP) is 5.62. The molecular weight excluding hydrogens is 472 g/mol. The van der Waals surface area contributed by atoms with Gasteiger partial charge in [0.25, 0.3) is 0 Å². The quantitative estimate of drug-likeness (QED) is 0.289. The van der Waals surface area contributed by atoms with Gasteiger partial charge in [-0.25, -0.2) is 0 Å². The minimum absolute atomic E-state index is 0.0489. The molecule has 0 aliphatic rings. The van der Waals surface area contributed by atoms with Crippen LogP contribution in [0.25, 0.3) is 0 Å². The zero-order valence-electron chi connectivity index (χ0n) is 14.0. The lowest BCUT2D eigenvalue weighted by Gasteiger charge is -2.05. The number of hydrogen-bond donors (Lipinski definition) is 1. The van der Waals surface area contributed by atoms with Gasteiger partial charge in [-0.1, -0.05) is 76.6 Å². The predicted molar refractivity (Wildman–Crippen MR) is 115 cm³/mol. The first kappa shape index (κ1) is 19.2. The molecule has 0 saturated carbocycles. The summed E-state index contributed by atoms with van der Waals surface area (Å²) in [6, 6.07) is 21.5. The lowest BCUT2D eigenvalue weighted by Crippen LogP contribution is -2.15. The molecule has 0 aliphatic carbocycles. The van der Waals surface area contributed by atoms with Crippen LogP contribution in [-0.2, 0) is 0 Å². The standard InChI is InChI=1S/C21H14Br2N2O2/c22-17-11-16(20(26)18(23)12-17)13-24-25-19(14-7-3-1-4-8-14)21(27)15-9-5-2-6-10-15/h1-13,26H/b24-13+,25-19-. The number of carbonyl (C=O) groups is 1. The third-order valence-electron chi connectivity index (χ3n) is 3.71. The highest BCUT2D eigenvalue weighted by molar-refractivity contribution is 9.11. The van der Waals surface area contributed by atoms with Crippen molar-refractivity contribution >= 4 is 49.6 Å². The Morgan fingerprint density at radius 2 is 1.48 bits per heavy atom. The molecule has 3 aromatic carbocycles. The average Bonchev–Trinajstić information content (AvgIpc) is 2.69. The van der Waals surface area contributed by atoms with Gasteiger partial charge in [-0.3, -0.25) is 4.79 Å². The van der Waals surface area contributed by atoms with Crippen LogP contribution >= 0.6 is 31.9 Å². The average molecular weight is 486 g/mol. The Morgan fingerprint density at radius 3 is 2.11 bits per heavy atom. The van der Waals surface area contributed by atoms with E-state index in [0.717, 1.165) is 4.47 Å². The lowest BCUT2D eigenvalue weighted by molar-refractivity contribution is 0.106. The molecule has 0 bridgehead atoms. The summed E-state index contributed by atoms with van der Waals surface area (Å²) in [4.78, 5) is 12.9. The molecular formula is C21H14Br2N2O2. The maximum Gasteiger partial charge on any atom is 0.213 e. The molecule has 0 saturated heterocycles. The van der Waals surface area contributed by atoms with Gasteiger partial charge in [-0.05, 0) is 28.1 Å². The summed E-state index contributed by atoms with van der Waals surface area (Å²) in [5, 5.41) is 18.3. The summed E-state index contributed by atoms with van der Waals surface area (Å²) in [6.07, 6.45) is 1.41. The van der Waals surface area contributed by atoms with Gasteiger partial charge in [0.1, 0.15) is 11.5 Å². The van der Waals surface area contributed by atoms with Gasteiger partial charge in [-0.2, -0.15) is 5.10 Å². The highest BCUT2D eigenvalue weighted by Gasteiger charge is 2.16. The molecule has 0 atom stereocenters. The maximum atomic E-state index is 12.9. The van der Waals surface area contributed by atoms with E-state index in [1.165, 1.54) is 6.21 Å². The van der Waals surface area contributed by atoms with Crippen LogP contribution in [0.5, 0.6) is 5.75 Å². The van der Waals surface area contributed by atoms with Gasteiger partial charge in [0.05, 0.1) is 10.7 Å². The van der Waals surface area contributed by atoms with Crippen LogP contribution in [0.3, 0.4) is 0 Å². The fraction of sp³-hybridized carbons (Fsp3) is 0. The maximum absolute atomic E-state index is 12.9. The molecule has 1 N–H and O–H groups in total. The van der Waals surface area contributed by atoms with E-state index in [2.05, 4.69) is 42.1 Å². The van der Waals surface area contributed by atoms with E-state index in [0.29, 0.717) is 21.2 Å². The van der Waals surface area contributed by atoms with Crippen LogP contribution < -0.4 is 0 Å². The van der Waals surface area contributed by atoms with Gasteiger partial charge in [-0.15, -0.1) is 5.10 Å². The Bertz CT molecular complexity index is 1020. The number of nitrogens with zero attached hydrogens (tertiary/aromatic N) is 2. The Morgan fingerprint density at radius 1 is 0.889 bits per heavy atom. The smallest absolute Gasteiger partial charge is 0.213 e. The molecule has 0 spiro atoms. The minimum Gasteiger partial charge on any atom is -0.506 e. The van der Waals surface area contributed by atoms with Crippen molar-refractivity contribution in [3.63, 3.8) is 0 Å². The fourth-order valence-electron chi connectivity index (χ4n) is 2.39. The summed E-state index contributed by atoms with van der Waals surface area (Å²) >= 11 is 6.64. The topological polar surface area (TPSA) is 62.0 Å². The van der Waals surface area contributed by atoms with Gasteiger partial charge in [0, 0.05) is 21.2 Å². The molecule has 3 aromatic rings. The van der Waals surface area contributed by atoms with Crippen molar-refractivity contribution in [1.29, 1.82) is 0 Å². The third-order valence-corrected chi connectivity index (χ3v) is 4.77. The largest absolute Gasteiger partial charge is 0.506 e. The molecule has 0 amide bonds. The molecule has 0 aliphatic heterocycles. The van der Waals surface area contributed by atoms with Crippen molar-refractivity contribution in [3.8, 4) is 5.75 Å². The highest BCUT2D eigenvalue weighted by Crippen LogP contribution is 2.30. The second-order valence-corrected chi connectivity index (χ2v) is 7.35. The lowest BCUT2D eigenvalue weighted by atomic mass is 10.0.